The Hall–Kier alpha value is -7.51. The van der Waals surface area contributed by atoms with Gasteiger partial charge in [-0.3, -0.25) is 0 Å². The molecule has 61 heavy (non-hydrogen) atoms. The molecule has 6 aromatic rings. The van der Waals surface area contributed by atoms with Gasteiger partial charge in [0, 0.05) is 18.2 Å². The summed E-state index contributed by atoms with van der Waals surface area (Å²) < 4.78 is 19.9. The highest BCUT2D eigenvalue weighted by atomic mass is 16.5. The Kier molecular flexibility index (Phi) is 29.6. The highest BCUT2D eigenvalue weighted by Crippen LogP contribution is 2.29. The van der Waals surface area contributed by atoms with E-state index >= 15 is 0 Å². The fourth-order valence-electron chi connectivity index (χ4n) is 4.20. The molecule has 13 heteroatoms. The molecule has 328 valence electrons. The molecular weight excluding hydrogens is 785 g/mol. The lowest BCUT2D eigenvalue weighted by molar-refractivity contribution is 0.0588. The van der Waals surface area contributed by atoms with E-state index in [0.29, 0.717) is 23.0 Å². The van der Waals surface area contributed by atoms with Crippen molar-refractivity contribution in [3.05, 3.63) is 168 Å². The van der Waals surface area contributed by atoms with Gasteiger partial charge in [-0.05, 0) is 67.6 Å². The Morgan fingerprint density at radius 2 is 0.754 bits per heavy atom. The zero-order valence-corrected chi connectivity index (χ0v) is 36.0. The van der Waals surface area contributed by atoms with Gasteiger partial charge in [-0.25, -0.2) is 14.4 Å². The first-order chi connectivity index (χ1) is 28.9. The molecule has 0 saturated carbocycles. The fraction of sp³-hybridized carbons (Fsp3) is 0.188. The molecule has 13 nitrogen and oxygen atoms in total. The number of phenolic OH excluding ortho intramolecular Hbond substituents is 3. The van der Waals surface area contributed by atoms with Crippen molar-refractivity contribution < 1.29 is 64.3 Å². The molecule has 0 aliphatic heterocycles. The smallest absolute Gasteiger partial charge is 0.341 e. The minimum Gasteiger partial charge on any atom is -0.508 e. The van der Waals surface area contributed by atoms with Crippen LogP contribution in [0.2, 0.25) is 0 Å². The number of carboxylic acid groups (broad SMARTS) is 1. The van der Waals surface area contributed by atoms with Gasteiger partial charge in [0.15, 0.2) is 0 Å². The number of benzene rings is 6. The van der Waals surface area contributed by atoms with E-state index in [4.69, 9.17) is 24.8 Å². The third kappa shape index (κ3) is 21.2. The number of rotatable bonds is 7. The van der Waals surface area contributed by atoms with Crippen LogP contribution in [0.5, 0.6) is 46.0 Å². The Bertz CT molecular complexity index is 2110. The summed E-state index contributed by atoms with van der Waals surface area (Å²) in [6, 6.07) is 40.6. The molecule has 6 aromatic carbocycles. The number of hydrogen-bond acceptors (Lipinski definition) is 11. The maximum atomic E-state index is 11.3. The Morgan fingerprint density at radius 1 is 0.426 bits per heavy atom. The number of methoxy groups -OCH3 is 2. The molecule has 0 aliphatic rings. The number of carboxylic acids is 1. The minimum absolute atomic E-state index is 0. The van der Waals surface area contributed by atoms with E-state index in [9.17, 15) is 24.6 Å². The van der Waals surface area contributed by atoms with Crippen LogP contribution in [-0.2, 0) is 9.47 Å². The molecule has 0 bridgehead atoms. The molecule has 0 saturated heterocycles. The van der Waals surface area contributed by atoms with Crippen molar-refractivity contribution in [2.75, 3.05) is 14.2 Å². The number of carbonyl (C=O) groups excluding carboxylic acids is 2. The molecule has 0 aromatic heterocycles. The second kappa shape index (κ2) is 32.4. The Morgan fingerprint density at radius 3 is 1.05 bits per heavy atom. The highest BCUT2D eigenvalue weighted by molar-refractivity contribution is 5.93. The van der Waals surface area contributed by atoms with Gasteiger partial charge in [-0.2, -0.15) is 0 Å². The molecule has 0 amide bonds. The number of ether oxygens (including phenoxy) is 4. The summed E-state index contributed by atoms with van der Waals surface area (Å²) >= 11 is 0. The monoisotopic (exact) mass is 842 g/mol. The second-order valence-electron chi connectivity index (χ2n) is 10.8. The van der Waals surface area contributed by atoms with Crippen LogP contribution in [0.25, 0.3) is 0 Å². The van der Waals surface area contributed by atoms with Gasteiger partial charge in [0.05, 0.1) is 14.2 Å². The van der Waals surface area contributed by atoms with Crippen LogP contribution >= 0.6 is 0 Å². The zero-order chi connectivity index (χ0) is 45.5. The van der Waals surface area contributed by atoms with E-state index in [0.717, 1.165) is 6.07 Å². The van der Waals surface area contributed by atoms with E-state index in [1.54, 1.807) is 30.3 Å². The van der Waals surface area contributed by atoms with E-state index in [2.05, 4.69) is 28.5 Å². The highest BCUT2D eigenvalue weighted by Gasteiger charge is 2.13. The first kappa shape index (κ1) is 55.6. The molecule has 0 spiro atoms. The summed E-state index contributed by atoms with van der Waals surface area (Å²) in [5.74, 6) is -1.15. The lowest BCUT2D eigenvalue weighted by atomic mass is 10.2. The number of hydrogen-bond donors (Lipinski definition) is 5. The van der Waals surface area contributed by atoms with Gasteiger partial charge >= 0.3 is 17.9 Å². The molecule has 0 aliphatic carbocycles. The second-order valence-corrected chi connectivity index (χ2v) is 10.8. The normalized spacial score (nSPS) is 8.80. The maximum Gasteiger partial charge on any atom is 0.341 e. The summed E-state index contributed by atoms with van der Waals surface area (Å²) in [6.07, 6.45) is 0. The molecule has 7 N–H and O–H groups in total. The largest absolute Gasteiger partial charge is 0.508 e. The molecule has 0 heterocycles. The molecule has 6 rings (SSSR count). The van der Waals surface area contributed by atoms with Crippen LogP contribution in [-0.4, -0.2) is 63.1 Å². The summed E-state index contributed by atoms with van der Waals surface area (Å²) in [4.78, 5) is 32.9. The van der Waals surface area contributed by atoms with Gasteiger partial charge in [0.25, 0.3) is 0 Å². The average Bonchev–Trinajstić information content (AvgIpc) is 3.27. The number of phenols is 4. The van der Waals surface area contributed by atoms with Crippen molar-refractivity contribution in [3.8, 4) is 46.0 Å². The summed E-state index contributed by atoms with van der Waals surface area (Å²) in [5, 5.41) is 45.9. The summed E-state index contributed by atoms with van der Waals surface area (Å²) in [5.41, 5.74) is 1.32. The minimum atomic E-state index is -1.17. The topological polar surface area (TPSA) is 221 Å². The molecule has 0 atom stereocenters. The summed E-state index contributed by atoms with van der Waals surface area (Å²) in [6.45, 7) is 14.1. The Labute approximate surface area is 358 Å². The molecule has 0 unspecified atom stereocenters. The number of para-hydroxylation sites is 2. The quantitative estimate of drug-likeness (QED) is 0.0947. The molecule has 0 fully saturated rings. The first-order valence-corrected chi connectivity index (χ1v) is 19.0. The van der Waals surface area contributed by atoms with Crippen LogP contribution in [0, 0.1) is 6.92 Å². The molecule has 0 radical (unpaired) electrons. The number of carbonyl (C=O) groups is 3. The maximum absolute atomic E-state index is 11.3. The third-order valence-corrected chi connectivity index (χ3v) is 6.86. The number of aromatic hydroxyl groups is 4. The van der Waals surface area contributed by atoms with Crippen LogP contribution in [0.15, 0.2) is 146 Å². The van der Waals surface area contributed by atoms with E-state index in [1.165, 1.54) is 62.2 Å². The van der Waals surface area contributed by atoms with Crippen LogP contribution in [0.4, 0.5) is 0 Å². The Balaban J connectivity index is 0. The van der Waals surface area contributed by atoms with Gasteiger partial charge in [-0.15, -0.1) is 0 Å². The van der Waals surface area contributed by atoms with Crippen molar-refractivity contribution in [2.24, 2.45) is 0 Å². The van der Waals surface area contributed by atoms with Gasteiger partial charge in [0.1, 0.15) is 62.7 Å². The van der Waals surface area contributed by atoms with E-state index in [-0.39, 0.29) is 45.2 Å². The lowest BCUT2D eigenvalue weighted by Crippen LogP contribution is -2.01. The van der Waals surface area contributed by atoms with E-state index < -0.39 is 17.9 Å². The first-order valence-electron chi connectivity index (χ1n) is 19.0. The molecular formula is C48H58O13. The predicted octanol–water partition coefficient (Wildman–Crippen LogP) is 11.0. The third-order valence-electron chi connectivity index (χ3n) is 6.86. The van der Waals surface area contributed by atoms with E-state index in [1.807, 2.05) is 96.1 Å². The predicted molar refractivity (Wildman–Crippen MR) is 237 cm³/mol. The number of aromatic carboxylic acids is 1. The van der Waals surface area contributed by atoms with Gasteiger partial charge in [0.2, 0.25) is 0 Å². The fourth-order valence-corrected chi connectivity index (χ4v) is 4.20. The summed E-state index contributed by atoms with van der Waals surface area (Å²) in [7, 11) is 2.48. The SMILES string of the molecule is CC.CC.CC.COC(=O)c1ccc(O)cc1O.COC(=O)c1ccc(Oc2ccccc2)cc1O.Cc1ccccc1.O.O=C(O)c1ccc(Oc2ccccc2)cc1O. The van der Waals surface area contributed by atoms with Crippen molar-refractivity contribution in [1.29, 1.82) is 0 Å². The van der Waals surface area contributed by atoms with Gasteiger partial charge in [-0.1, -0.05) is 114 Å². The van der Waals surface area contributed by atoms with Crippen LogP contribution < -0.4 is 9.47 Å². The standard InChI is InChI=1S/C14H12O4.C13H10O4.C8H8O4.C7H8.3C2H6.H2O/c1-17-14(16)12-8-7-11(9-13(12)15)18-10-5-3-2-4-6-10;14-12-8-10(6-7-11(12)13(15)16)17-9-4-2-1-3-5-9;1-12-8(11)6-3-2-5(9)4-7(6)10;1-7-5-3-2-4-6-7;3*1-2;/h2-9,15H,1H3;1-8,14H,(H,15,16);2-4,9-10H,1H3;2-6H,1H3;3*1-2H3;1H2. The zero-order valence-electron chi connectivity index (χ0n) is 36.0. The lowest BCUT2D eigenvalue weighted by Gasteiger charge is -2.07. The van der Waals surface area contributed by atoms with Crippen molar-refractivity contribution >= 4 is 17.9 Å². The number of aryl methyl sites for hydroxylation is 1. The van der Waals surface area contributed by atoms with Crippen LogP contribution in [0.3, 0.4) is 0 Å². The van der Waals surface area contributed by atoms with Crippen molar-refractivity contribution in [1.82, 2.24) is 0 Å². The average molecular weight is 843 g/mol. The van der Waals surface area contributed by atoms with Crippen LogP contribution in [0.1, 0.15) is 78.2 Å². The number of esters is 2. The van der Waals surface area contributed by atoms with Gasteiger partial charge < -0.3 is 50.0 Å². The van der Waals surface area contributed by atoms with Crippen molar-refractivity contribution in [2.45, 2.75) is 48.5 Å². The van der Waals surface area contributed by atoms with Crippen molar-refractivity contribution in [3.63, 3.8) is 0 Å².